The smallest absolute Gasteiger partial charge is 0.328 e. The Balaban J connectivity index is 2.30. The number of Topliss-reactive ketones (excluding diaryl/α,β-unsaturated/α-hetero) is 1. The molecule has 3 N–H and O–H groups in total. The molecule has 0 spiro atoms. The van der Waals surface area contributed by atoms with E-state index in [1.54, 1.807) is 0 Å². The zero-order valence-corrected chi connectivity index (χ0v) is 23.7. The Bertz CT molecular complexity index is 789. The maximum atomic E-state index is 12.3. The Kier molecular flexibility index (Phi) is 17.3. The number of ether oxygens (including phenoxy) is 1. The van der Waals surface area contributed by atoms with Crippen LogP contribution in [0.2, 0.25) is 0 Å². The maximum absolute atomic E-state index is 12.3. The summed E-state index contributed by atoms with van der Waals surface area (Å²) in [7, 11) is 0. The second-order valence-electron chi connectivity index (χ2n) is 10.6. The van der Waals surface area contributed by atoms with Gasteiger partial charge in [0.2, 0.25) is 5.91 Å². The van der Waals surface area contributed by atoms with E-state index >= 15 is 0 Å². The van der Waals surface area contributed by atoms with Crippen LogP contribution in [-0.2, 0) is 24.0 Å². The lowest BCUT2D eigenvalue weighted by molar-refractivity contribution is -0.759. The average Bonchev–Trinajstić information content (AvgIpc) is 3.14. The number of rotatable bonds is 21. The molecule has 0 aromatic rings. The maximum Gasteiger partial charge on any atom is 0.328 e. The van der Waals surface area contributed by atoms with Crippen LogP contribution in [0, 0.1) is 22.0 Å². The lowest BCUT2D eigenvalue weighted by Gasteiger charge is -2.22. The number of nitrogens with zero attached hydrogens (tertiary/aromatic N) is 1. The van der Waals surface area contributed by atoms with Crippen LogP contribution >= 0.6 is 0 Å². The number of hydrogen-bond acceptors (Lipinski definition) is 9. The molecule has 6 atom stereocenters. The number of nitrogens with one attached hydrogen (secondary N) is 1. The normalized spacial score (nSPS) is 22.4. The minimum absolute atomic E-state index is 0.0955. The SMILES string of the molecule is CCCCCCCC(=O)CC[C@@H]1[C@@H](C/C=C\CCCC(=O)NC(C)C(=O)OC(C)CO[N+](=O)[O-])[C@@H](O)C[C@H]1O. The van der Waals surface area contributed by atoms with Gasteiger partial charge in [-0.15, -0.1) is 10.1 Å². The minimum atomic E-state index is -0.970. The molecule has 0 aromatic carbocycles. The molecule has 1 amide bonds. The molecular weight excluding hydrogens is 508 g/mol. The number of aliphatic hydroxyl groups excluding tert-OH is 2. The van der Waals surface area contributed by atoms with Gasteiger partial charge >= 0.3 is 5.97 Å². The molecule has 2 unspecified atom stereocenters. The second kappa shape index (κ2) is 19.5. The lowest BCUT2D eigenvalue weighted by atomic mass is 9.86. The molecule has 1 rings (SSSR count). The molecule has 1 aliphatic rings. The first-order valence-corrected chi connectivity index (χ1v) is 14.3. The Morgan fingerprint density at radius 1 is 1.00 bits per heavy atom. The van der Waals surface area contributed by atoms with Crippen molar-refractivity contribution in [2.75, 3.05) is 6.61 Å². The highest BCUT2D eigenvalue weighted by Crippen LogP contribution is 2.38. The number of allylic oxidation sites excluding steroid dienone is 2. The van der Waals surface area contributed by atoms with E-state index < -0.39 is 35.4 Å². The predicted octanol–water partition coefficient (Wildman–Crippen LogP) is 3.82. The molecule has 0 radical (unpaired) electrons. The standard InChI is InChI=1S/C28H48N2O9/c1-4-5-6-7-10-13-22(31)16-17-24-23(25(32)18-26(24)33)14-11-8-9-12-15-27(34)29-21(3)28(35)39-20(2)19-38-30(36)37/h8,11,20-21,23-26,32-33H,4-7,9-10,12-19H2,1-3H3,(H,29,34)/b11-8-/t20?,21?,23-,24-,25+,26-/m1/s1. The summed E-state index contributed by atoms with van der Waals surface area (Å²) in [5, 5.41) is 32.6. The van der Waals surface area contributed by atoms with Crippen LogP contribution in [0.3, 0.4) is 0 Å². The monoisotopic (exact) mass is 556 g/mol. The third-order valence-electron chi connectivity index (χ3n) is 7.15. The van der Waals surface area contributed by atoms with Gasteiger partial charge in [-0.2, -0.15) is 0 Å². The Morgan fingerprint density at radius 2 is 1.69 bits per heavy atom. The highest BCUT2D eigenvalue weighted by molar-refractivity contribution is 5.84. The van der Waals surface area contributed by atoms with Gasteiger partial charge in [-0.1, -0.05) is 44.8 Å². The number of aliphatic hydroxyl groups is 2. The third kappa shape index (κ3) is 15.0. The first kappa shape index (κ1) is 34.5. The van der Waals surface area contributed by atoms with Gasteiger partial charge in [0.15, 0.2) is 0 Å². The fourth-order valence-corrected chi connectivity index (χ4v) is 4.91. The highest BCUT2D eigenvalue weighted by Gasteiger charge is 2.40. The highest BCUT2D eigenvalue weighted by atomic mass is 17.0. The fourth-order valence-electron chi connectivity index (χ4n) is 4.91. The summed E-state index contributed by atoms with van der Waals surface area (Å²) in [6.45, 7) is 4.69. The molecule has 1 aliphatic carbocycles. The van der Waals surface area contributed by atoms with Crippen molar-refractivity contribution in [2.24, 2.45) is 11.8 Å². The quantitative estimate of drug-likeness (QED) is 0.0626. The Labute approximate surface area is 231 Å². The van der Waals surface area contributed by atoms with E-state index in [0.29, 0.717) is 44.9 Å². The van der Waals surface area contributed by atoms with Crippen molar-refractivity contribution in [3.05, 3.63) is 22.3 Å². The van der Waals surface area contributed by atoms with Crippen LogP contribution in [0.25, 0.3) is 0 Å². The number of esters is 1. The molecule has 1 fully saturated rings. The summed E-state index contributed by atoms with van der Waals surface area (Å²) < 4.78 is 5.00. The molecule has 0 aromatic heterocycles. The zero-order chi connectivity index (χ0) is 29.2. The van der Waals surface area contributed by atoms with Gasteiger partial charge in [-0.05, 0) is 64.2 Å². The van der Waals surface area contributed by atoms with Crippen LogP contribution in [0.1, 0.15) is 104 Å². The van der Waals surface area contributed by atoms with Gasteiger partial charge < -0.3 is 25.1 Å². The van der Waals surface area contributed by atoms with E-state index in [2.05, 4.69) is 17.1 Å². The number of amides is 1. The van der Waals surface area contributed by atoms with E-state index in [4.69, 9.17) is 4.74 Å². The van der Waals surface area contributed by atoms with Crippen molar-refractivity contribution in [3.8, 4) is 0 Å². The molecule has 224 valence electrons. The van der Waals surface area contributed by atoms with Crippen LogP contribution in [0.5, 0.6) is 0 Å². The van der Waals surface area contributed by atoms with E-state index in [1.165, 1.54) is 26.7 Å². The van der Waals surface area contributed by atoms with Gasteiger partial charge in [-0.3, -0.25) is 9.59 Å². The number of carbonyl (C=O) groups excluding carboxylic acids is 3. The summed E-state index contributed by atoms with van der Waals surface area (Å²) in [5.41, 5.74) is 0. The summed E-state index contributed by atoms with van der Waals surface area (Å²) >= 11 is 0. The van der Waals surface area contributed by atoms with Gasteiger partial charge in [0.05, 0.1) is 12.2 Å². The van der Waals surface area contributed by atoms with Crippen LogP contribution < -0.4 is 5.32 Å². The molecule has 0 aliphatic heterocycles. The molecule has 11 nitrogen and oxygen atoms in total. The Hall–Kier alpha value is -2.53. The lowest BCUT2D eigenvalue weighted by Crippen LogP contribution is -2.41. The number of carbonyl (C=O) groups is 3. The molecule has 0 saturated heterocycles. The molecule has 1 saturated carbocycles. The fraction of sp³-hybridized carbons (Fsp3) is 0.821. The van der Waals surface area contributed by atoms with Crippen LogP contribution in [-0.4, -0.2) is 63.9 Å². The number of ketones is 1. The largest absolute Gasteiger partial charge is 0.459 e. The third-order valence-corrected chi connectivity index (χ3v) is 7.15. The zero-order valence-electron chi connectivity index (χ0n) is 23.7. The van der Waals surface area contributed by atoms with Gasteiger partial charge in [0.25, 0.3) is 5.09 Å². The van der Waals surface area contributed by atoms with Crippen LogP contribution in [0.4, 0.5) is 0 Å². The summed E-state index contributed by atoms with van der Waals surface area (Å²) in [5.74, 6) is -0.986. The topological polar surface area (TPSA) is 165 Å². The summed E-state index contributed by atoms with van der Waals surface area (Å²) in [6.07, 6.45) is 11.4. The average molecular weight is 557 g/mol. The van der Waals surface area contributed by atoms with Gasteiger partial charge in [-0.25, -0.2) is 4.79 Å². The van der Waals surface area contributed by atoms with Crippen LogP contribution in [0.15, 0.2) is 12.2 Å². The Morgan fingerprint density at radius 3 is 2.38 bits per heavy atom. The molecular formula is C28H48N2O9. The number of unbranched alkanes of at least 4 members (excludes halogenated alkanes) is 5. The summed E-state index contributed by atoms with van der Waals surface area (Å²) in [4.78, 5) is 50.7. The predicted molar refractivity (Wildman–Crippen MR) is 145 cm³/mol. The minimum Gasteiger partial charge on any atom is -0.459 e. The first-order chi connectivity index (χ1) is 18.5. The van der Waals surface area contributed by atoms with Crippen molar-refractivity contribution in [1.29, 1.82) is 0 Å². The molecule has 0 bridgehead atoms. The first-order valence-electron chi connectivity index (χ1n) is 14.3. The molecule has 0 heterocycles. The molecule has 11 heteroatoms. The van der Waals surface area contributed by atoms with Crippen molar-refractivity contribution in [1.82, 2.24) is 5.32 Å². The van der Waals surface area contributed by atoms with E-state index in [-0.39, 0.29) is 36.6 Å². The second-order valence-corrected chi connectivity index (χ2v) is 10.6. The van der Waals surface area contributed by atoms with Crippen molar-refractivity contribution < 1.29 is 39.3 Å². The summed E-state index contributed by atoms with van der Waals surface area (Å²) in [6, 6.07) is -0.897. The molecule has 39 heavy (non-hydrogen) atoms. The van der Waals surface area contributed by atoms with E-state index in [9.17, 15) is 34.7 Å². The van der Waals surface area contributed by atoms with Crippen molar-refractivity contribution >= 4 is 17.7 Å². The van der Waals surface area contributed by atoms with Gasteiger partial charge in [0.1, 0.15) is 24.5 Å². The number of hydrogen-bond donors (Lipinski definition) is 3. The van der Waals surface area contributed by atoms with Gasteiger partial charge in [0, 0.05) is 19.3 Å². The van der Waals surface area contributed by atoms with Crippen molar-refractivity contribution in [2.45, 2.75) is 129 Å². The van der Waals surface area contributed by atoms with E-state index in [1.807, 2.05) is 12.2 Å². The van der Waals surface area contributed by atoms with Crippen molar-refractivity contribution in [3.63, 3.8) is 0 Å². The van der Waals surface area contributed by atoms with E-state index in [0.717, 1.165) is 19.3 Å².